The van der Waals surface area contributed by atoms with Gasteiger partial charge in [0.25, 0.3) is 0 Å². The molecule has 0 N–H and O–H groups in total. The Labute approximate surface area is 125 Å². The van der Waals surface area contributed by atoms with Crippen molar-refractivity contribution in [1.29, 1.82) is 0 Å². The SMILES string of the molecule is CO[C@@H]1CCN(c2ccc(C)nn2)[C@H]1Cc1ccccc1. The van der Waals surface area contributed by atoms with E-state index in [9.17, 15) is 0 Å². The van der Waals surface area contributed by atoms with E-state index in [4.69, 9.17) is 4.74 Å². The lowest BCUT2D eigenvalue weighted by atomic mass is 10.0. The Morgan fingerprint density at radius 2 is 1.95 bits per heavy atom. The number of aryl methyl sites for hydroxylation is 1. The molecule has 21 heavy (non-hydrogen) atoms. The standard InChI is InChI=1S/C17H21N3O/c1-13-8-9-17(19-18-13)20-11-10-16(21-2)15(20)12-14-6-4-3-5-7-14/h3-9,15-16H,10-12H2,1-2H3/t15-,16+/m0/s1. The second-order valence-electron chi connectivity index (χ2n) is 5.55. The van der Waals surface area contributed by atoms with E-state index in [2.05, 4.69) is 51.5 Å². The van der Waals surface area contributed by atoms with Gasteiger partial charge in [-0.15, -0.1) is 5.10 Å². The molecule has 2 heterocycles. The van der Waals surface area contributed by atoms with Crippen LogP contribution in [0.3, 0.4) is 0 Å². The van der Waals surface area contributed by atoms with Crippen molar-refractivity contribution < 1.29 is 4.74 Å². The maximum Gasteiger partial charge on any atom is 0.151 e. The Balaban J connectivity index is 1.83. The first-order valence-electron chi connectivity index (χ1n) is 7.41. The van der Waals surface area contributed by atoms with Crippen LogP contribution in [0.5, 0.6) is 0 Å². The minimum atomic E-state index is 0.244. The van der Waals surface area contributed by atoms with Gasteiger partial charge < -0.3 is 9.64 Å². The monoisotopic (exact) mass is 283 g/mol. The highest BCUT2D eigenvalue weighted by molar-refractivity contribution is 5.42. The fourth-order valence-corrected chi connectivity index (χ4v) is 3.03. The molecule has 1 aromatic heterocycles. The second kappa shape index (κ2) is 6.22. The van der Waals surface area contributed by atoms with Crippen molar-refractivity contribution in [1.82, 2.24) is 10.2 Å². The molecule has 0 spiro atoms. The largest absolute Gasteiger partial charge is 0.379 e. The van der Waals surface area contributed by atoms with Crippen molar-refractivity contribution in [2.75, 3.05) is 18.6 Å². The molecule has 1 saturated heterocycles. The van der Waals surface area contributed by atoms with Crippen LogP contribution in [0.2, 0.25) is 0 Å². The molecule has 110 valence electrons. The summed E-state index contributed by atoms with van der Waals surface area (Å²) in [6, 6.07) is 14.9. The predicted octanol–water partition coefficient (Wildman–Crippen LogP) is 2.62. The number of hydrogen-bond acceptors (Lipinski definition) is 4. The molecular weight excluding hydrogens is 262 g/mol. The molecular formula is C17H21N3O. The first-order chi connectivity index (χ1) is 10.3. The fraction of sp³-hybridized carbons (Fsp3) is 0.412. The Morgan fingerprint density at radius 3 is 2.62 bits per heavy atom. The van der Waals surface area contributed by atoms with E-state index in [0.29, 0.717) is 6.04 Å². The van der Waals surface area contributed by atoms with Gasteiger partial charge in [0, 0.05) is 13.7 Å². The van der Waals surface area contributed by atoms with Gasteiger partial charge in [-0.2, -0.15) is 5.10 Å². The molecule has 1 fully saturated rings. The summed E-state index contributed by atoms with van der Waals surface area (Å²) in [5, 5.41) is 8.52. The Hall–Kier alpha value is -1.94. The number of rotatable bonds is 4. The fourth-order valence-electron chi connectivity index (χ4n) is 3.03. The van der Waals surface area contributed by atoms with E-state index < -0.39 is 0 Å². The molecule has 4 heteroatoms. The lowest BCUT2D eigenvalue weighted by molar-refractivity contribution is 0.0953. The van der Waals surface area contributed by atoms with Crippen LogP contribution in [0.15, 0.2) is 42.5 Å². The summed E-state index contributed by atoms with van der Waals surface area (Å²) in [4.78, 5) is 2.33. The summed E-state index contributed by atoms with van der Waals surface area (Å²) < 4.78 is 5.68. The van der Waals surface area contributed by atoms with E-state index in [-0.39, 0.29) is 6.10 Å². The molecule has 3 rings (SSSR count). The zero-order valence-corrected chi connectivity index (χ0v) is 12.6. The Bertz CT molecular complexity index is 570. The number of aromatic nitrogens is 2. The highest BCUT2D eigenvalue weighted by atomic mass is 16.5. The number of hydrogen-bond donors (Lipinski definition) is 0. The number of nitrogens with zero attached hydrogens (tertiary/aromatic N) is 3. The number of ether oxygens (including phenoxy) is 1. The van der Waals surface area contributed by atoms with Crippen LogP contribution in [-0.4, -0.2) is 36.0 Å². The first-order valence-corrected chi connectivity index (χ1v) is 7.41. The van der Waals surface area contributed by atoms with Gasteiger partial charge in [-0.25, -0.2) is 0 Å². The van der Waals surface area contributed by atoms with Crippen molar-refractivity contribution in [2.24, 2.45) is 0 Å². The average Bonchev–Trinajstić information content (AvgIpc) is 2.92. The van der Waals surface area contributed by atoms with Crippen LogP contribution >= 0.6 is 0 Å². The summed E-state index contributed by atoms with van der Waals surface area (Å²) >= 11 is 0. The van der Waals surface area contributed by atoms with Gasteiger partial charge in [-0.05, 0) is 37.5 Å². The third-order valence-electron chi connectivity index (χ3n) is 4.15. The van der Waals surface area contributed by atoms with E-state index in [1.54, 1.807) is 7.11 Å². The molecule has 0 aliphatic carbocycles. The third-order valence-corrected chi connectivity index (χ3v) is 4.15. The van der Waals surface area contributed by atoms with Crippen molar-refractivity contribution in [3.05, 3.63) is 53.7 Å². The van der Waals surface area contributed by atoms with Gasteiger partial charge in [0.2, 0.25) is 0 Å². The smallest absolute Gasteiger partial charge is 0.151 e. The maximum absolute atomic E-state index is 5.68. The molecule has 4 nitrogen and oxygen atoms in total. The van der Waals surface area contributed by atoms with Gasteiger partial charge >= 0.3 is 0 Å². The summed E-state index contributed by atoms with van der Waals surface area (Å²) in [7, 11) is 1.80. The molecule has 2 aromatic rings. The van der Waals surface area contributed by atoms with Gasteiger partial charge in [0.05, 0.1) is 17.8 Å². The number of methoxy groups -OCH3 is 1. The molecule has 2 atom stereocenters. The van der Waals surface area contributed by atoms with Gasteiger partial charge in [-0.1, -0.05) is 30.3 Å². The van der Waals surface area contributed by atoms with Crippen LogP contribution in [0.1, 0.15) is 17.7 Å². The van der Waals surface area contributed by atoms with Crippen LogP contribution in [0, 0.1) is 6.92 Å². The Kier molecular flexibility index (Phi) is 4.15. The molecule has 0 radical (unpaired) electrons. The molecule has 0 bridgehead atoms. The molecule has 0 saturated carbocycles. The van der Waals surface area contributed by atoms with Crippen molar-refractivity contribution in [3.63, 3.8) is 0 Å². The molecule has 1 aromatic carbocycles. The number of anilines is 1. The minimum absolute atomic E-state index is 0.244. The van der Waals surface area contributed by atoms with Crippen LogP contribution in [0.25, 0.3) is 0 Å². The minimum Gasteiger partial charge on any atom is -0.379 e. The van der Waals surface area contributed by atoms with Crippen molar-refractivity contribution in [3.8, 4) is 0 Å². The van der Waals surface area contributed by atoms with Crippen molar-refractivity contribution >= 4 is 5.82 Å². The summed E-state index contributed by atoms with van der Waals surface area (Å²) in [5.41, 5.74) is 2.28. The van der Waals surface area contributed by atoms with E-state index in [1.165, 1.54) is 5.56 Å². The predicted molar refractivity (Wildman–Crippen MR) is 83.5 cm³/mol. The van der Waals surface area contributed by atoms with Crippen LogP contribution in [0.4, 0.5) is 5.82 Å². The maximum atomic E-state index is 5.68. The zero-order chi connectivity index (χ0) is 14.7. The zero-order valence-electron chi connectivity index (χ0n) is 12.6. The van der Waals surface area contributed by atoms with E-state index >= 15 is 0 Å². The molecule has 1 aliphatic heterocycles. The van der Waals surface area contributed by atoms with Crippen LogP contribution < -0.4 is 4.90 Å². The van der Waals surface area contributed by atoms with Gasteiger partial charge in [-0.3, -0.25) is 0 Å². The van der Waals surface area contributed by atoms with Gasteiger partial charge in [0.15, 0.2) is 5.82 Å². The summed E-state index contributed by atoms with van der Waals surface area (Å²) in [5.74, 6) is 0.945. The highest BCUT2D eigenvalue weighted by Gasteiger charge is 2.35. The topological polar surface area (TPSA) is 38.2 Å². The quantitative estimate of drug-likeness (QED) is 0.864. The van der Waals surface area contributed by atoms with E-state index in [0.717, 1.165) is 30.9 Å². The number of benzene rings is 1. The van der Waals surface area contributed by atoms with E-state index in [1.807, 2.05) is 13.0 Å². The lowest BCUT2D eigenvalue weighted by Crippen LogP contribution is -2.38. The molecule has 1 aliphatic rings. The van der Waals surface area contributed by atoms with Crippen molar-refractivity contribution in [2.45, 2.75) is 31.9 Å². The average molecular weight is 283 g/mol. The molecule has 0 amide bonds. The second-order valence-corrected chi connectivity index (χ2v) is 5.55. The molecule has 0 unspecified atom stereocenters. The van der Waals surface area contributed by atoms with Gasteiger partial charge in [0.1, 0.15) is 0 Å². The third kappa shape index (κ3) is 3.05. The first kappa shape index (κ1) is 14.0. The van der Waals surface area contributed by atoms with Crippen LogP contribution in [-0.2, 0) is 11.2 Å². The highest BCUT2D eigenvalue weighted by Crippen LogP contribution is 2.28. The normalized spacial score (nSPS) is 21.7. The summed E-state index contributed by atoms with van der Waals surface area (Å²) in [6.07, 6.45) is 2.24. The Morgan fingerprint density at radius 1 is 1.14 bits per heavy atom. The lowest BCUT2D eigenvalue weighted by Gasteiger charge is -2.28. The summed E-state index contributed by atoms with van der Waals surface area (Å²) in [6.45, 7) is 2.92.